The second-order valence-electron chi connectivity index (χ2n) is 5.02. The summed E-state index contributed by atoms with van der Waals surface area (Å²) in [6.45, 7) is 8.65. The largest absolute Gasteiger partial charge is 0.321 e. The van der Waals surface area contributed by atoms with Gasteiger partial charge in [-0.15, -0.1) is 0 Å². The molecule has 0 aliphatic heterocycles. The van der Waals surface area contributed by atoms with E-state index in [1.54, 1.807) is 0 Å². The van der Waals surface area contributed by atoms with Crippen molar-refractivity contribution in [2.24, 2.45) is 24.6 Å². The van der Waals surface area contributed by atoms with E-state index < -0.39 is 0 Å². The molecule has 4 heteroatoms. The van der Waals surface area contributed by atoms with Gasteiger partial charge >= 0.3 is 0 Å². The highest BCUT2D eigenvalue weighted by Gasteiger charge is 2.19. The summed E-state index contributed by atoms with van der Waals surface area (Å²) in [7, 11) is 1.92. The minimum atomic E-state index is -0.0107. The topological polar surface area (TPSA) is 56.7 Å². The minimum absolute atomic E-state index is 0.0107. The summed E-state index contributed by atoms with van der Waals surface area (Å²) in [5.74, 6) is 2.83. The number of nitrogens with two attached hydrogens (primary N) is 1. The summed E-state index contributed by atoms with van der Waals surface area (Å²) in [6.07, 6.45) is 1.98. The Kier molecular flexibility index (Phi) is 4.47. The summed E-state index contributed by atoms with van der Waals surface area (Å²) >= 11 is 0. The summed E-state index contributed by atoms with van der Waals surface area (Å²) < 4.78 is 1.83. The fourth-order valence-electron chi connectivity index (χ4n) is 1.70. The van der Waals surface area contributed by atoms with E-state index in [0.717, 1.165) is 24.5 Å². The van der Waals surface area contributed by atoms with Crippen LogP contribution in [0.5, 0.6) is 0 Å². The van der Waals surface area contributed by atoms with E-state index in [-0.39, 0.29) is 6.04 Å². The highest BCUT2D eigenvalue weighted by Crippen LogP contribution is 2.20. The third-order valence-electron chi connectivity index (χ3n) is 2.99. The molecule has 0 aliphatic carbocycles. The van der Waals surface area contributed by atoms with E-state index in [2.05, 4.69) is 37.8 Å². The quantitative estimate of drug-likeness (QED) is 0.833. The Morgan fingerprint density at radius 3 is 2.44 bits per heavy atom. The van der Waals surface area contributed by atoms with Crippen LogP contribution < -0.4 is 5.73 Å². The molecule has 0 aliphatic rings. The molecule has 0 radical (unpaired) electrons. The number of aromatic nitrogens is 3. The molecule has 1 aromatic heterocycles. The van der Waals surface area contributed by atoms with E-state index >= 15 is 0 Å². The molecule has 0 spiro atoms. The third kappa shape index (κ3) is 3.04. The first kappa shape index (κ1) is 13.2. The van der Waals surface area contributed by atoms with Crippen LogP contribution in [0.4, 0.5) is 0 Å². The van der Waals surface area contributed by atoms with Crippen LogP contribution in [0.15, 0.2) is 0 Å². The van der Waals surface area contributed by atoms with Crippen LogP contribution in [0.3, 0.4) is 0 Å². The van der Waals surface area contributed by atoms with Crippen LogP contribution in [-0.2, 0) is 13.5 Å². The van der Waals surface area contributed by atoms with Crippen molar-refractivity contribution in [2.45, 2.75) is 46.6 Å². The first-order valence-electron chi connectivity index (χ1n) is 6.11. The lowest BCUT2D eigenvalue weighted by Gasteiger charge is -2.16. The maximum Gasteiger partial charge on any atom is 0.151 e. The van der Waals surface area contributed by atoms with Gasteiger partial charge in [0.25, 0.3) is 0 Å². The number of rotatable bonds is 5. The van der Waals surface area contributed by atoms with Gasteiger partial charge in [-0.3, -0.25) is 4.68 Å². The van der Waals surface area contributed by atoms with Crippen molar-refractivity contribution in [1.82, 2.24) is 14.8 Å². The van der Waals surface area contributed by atoms with E-state index in [1.807, 2.05) is 11.7 Å². The molecule has 4 nitrogen and oxygen atoms in total. The molecule has 2 unspecified atom stereocenters. The maximum absolute atomic E-state index is 6.17. The van der Waals surface area contributed by atoms with Gasteiger partial charge in [0.2, 0.25) is 0 Å². The summed E-state index contributed by atoms with van der Waals surface area (Å²) in [6, 6.07) is -0.0107. The molecule has 2 atom stereocenters. The lowest BCUT2D eigenvalue weighted by Crippen LogP contribution is -2.22. The van der Waals surface area contributed by atoms with E-state index in [1.165, 1.54) is 0 Å². The average molecular weight is 224 g/mol. The summed E-state index contributed by atoms with van der Waals surface area (Å²) in [5.41, 5.74) is 6.17. The van der Waals surface area contributed by atoms with Crippen molar-refractivity contribution < 1.29 is 0 Å². The van der Waals surface area contributed by atoms with Crippen LogP contribution in [0.2, 0.25) is 0 Å². The highest BCUT2D eigenvalue weighted by atomic mass is 15.3. The highest BCUT2D eigenvalue weighted by molar-refractivity contribution is 5.00. The molecule has 0 fully saturated rings. The van der Waals surface area contributed by atoms with E-state index in [4.69, 9.17) is 5.73 Å². The van der Waals surface area contributed by atoms with Crippen LogP contribution in [-0.4, -0.2) is 14.8 Å². The molecule has 1 aromatic rings. The molecule has 16 heavy (non-hydrogen) atoms. The Morgan fingerprint density at radius 1 is 1.31 bits per heavy atom. The average Bonchev–Trinajstić information content (AvgIpc) is 2.56. The van der Waals surface area contributed by atoms with Crippen LogP contribution in [0.1, 0.15) is 51.8 Å². The molecule has 0 amide bonds. The van der Waals surface area contributed by atoms with Crippen molar-refractivity contribution in [3.05, 3.63) is 11.6 Å². The summed E-state index contributed by atoms with van der Waals surface area (Å²) in [4.78, 5) is 4.55. The van der Waals surface area contributed by atoms with Crippen molar-refractivity contribution in [2.75, 3.05) is 0 Å². The Balaban J connectivity index is 2.84. The predicted molar refractivity (Wildman–Crippen MR) is 65.9 cm³/mol. The number of aryl methyl sites for hydroxylation is 1. The van der Waals surface area contributed by atoms with Gasteiger partial charge < -0.3 is 5.73 Å². The maximum atomic E-state index is 6.17. The molecule has 2 N–H and O–H groups in total. The van der Waals surface area contributed by atoms with Gasteiger partial charge in [0, 0.05) is 13.5 Å². The van der Waals surface area contributed by atoms with Crippen molar-refractivity contribution in [3.63, 3.8) is 0 Å². The lowest BCUT2D eigenvalue weighted by molar-refractivity contribution is 0.425. The molecule has 0 saturated heterocycles. The molecule has 1 heterocycles. The van der Waals surface area contributed by atoms with Crippen LogP contribution in [0, 0.1) is 11.8 Å². The molecule has 0 aromatic carbocycles. The van der Waals surface area contributed by atoms with Gasteiger partial charge in [-0.1, -0.05) is 34.1 Å². The number of hydrogen-bond donors (Lipinski definition) is 1. The Morgan fingerprint density at radius 2 is 1.94 bits per heavy atom. The minimum Gasteiger partial charge on any atom is -0.321 e. The molecule has 92 valence electrons. The van der Waals surface area contributed by atoms with Crippen molar-refractivity contribution in [1.29, 1.82) is 0 Å². The van der Waals surface area contributed by atoms with Crippen molar-refractivity contribution in [3.8, 4) is 0 Å². The first-order valence-corrected chi connectivity index (χ1v) is 6.11. The SMILES string of the molecule is CCC(C)C(N)c1nc(CC(C)C)nn1C. The fourth-order valence-corrected chi connectivity index (χ4v) is 1.70. The second-order valence-corrected chi connectivity index (χ2v) is 5.02. The monoisotopic (exact) mass is 224 g/mol. The number of hydrogen-bond acceptors (Lipinski definition) is 3. The fraction of sp³-hybridized carbons (Fsp3) is 0.833. The van der Waals surface area contributed by atoms with Gasteiger partial charge in [0.15, 0.2) is 5.82 Å². The first-order chi connectivity index (χ1) is 7.45. The Labute approximate surface area is 98.2 Å². The zero-order valence-electron chi connectivity index (χ0n) is 11.1. The Hall–Kier alpha value is -0.900. The van der Waals surface area contributed by atoms with Crippen LogP contribution >= 0.6 is 0 Å². The Bertz CT molecular complexity index is 330. The zero-order chi connectivity index (χ0) is 12.3. The van der Waals surface area contributed by atoms with Gasteiger partial charge in [0.1, 0.15) is 5.82 Å². The van der Waals surface area contributed by atoms with Gasteiger partial charge in [-0.05, 0) is 11.8 Å². The van der Waals surface area contributed by atoms with Gasteiger partial charge in [0.05, 0.1) is 6.04 Å². The molecule has 0 saturated carbocycles. The standard InChI is InChI=1S/C12H24N4/c1-6-9(4)11(13)12-14-10(7-8(2)3)15-16(12)5/h8-9,11H,6-7,13H2,1-5H3. The third-order valence-corrected chi connectivity index (χ3v) is 2.99. The summed E-state index contributed by atoms with van der Waals surface area (Å²) in [5, 5.41) is 4.41. The van der Waals surface area contributed by atoms with Gasteiger partial charge in [-0.25, -0.2) is 4.98 Å². The molecular formula is C12H24N4. The lowest BCUT2D eigenvalue weighted by atomic mass is 9.99. The number of nitrogens with zero attached hydrogens (tertiary/aromatic N) is 3. The van der Waals surface area contributed by atoms with Crippen molar-refractivity contribution >= 4 is 0 Å². The molecular weight excluding hydrogens is 200 g/mol. The second kappa shape index (κ2) is 5.43. The molecule has 0 bridgehead atoms. The van der Waals surface area contributed by atoms with E-state index in [0.29, 0.717) is 11.8 Å². The smallest absolute Gasteiger partial charge is 0.151 e. The zero-order valence-corrected chi connectivity index (χ0v) is 11.1. The normalized spacial score (nSPS) is 15.4. The van der Waals surface area contributed by atoms with E-state index in [9.17, 15) is 0 Å². The molecule has 1 rings (SSSR count). The van der Waals surface area contributed by atoms with Crippen LogP contribution in [0.25, 0.3) is 0 Å². The van der Waals surface area contributed by atoms with Gasteiger partial charge in [-0.2, -0.15) is 5.10 Å². The predicted octanol–water partition coefficient (Wildman–Crippen LogP) is 2.06.